The van der Waals surface area contributed by atoms with E-state index in [0.717, 1.165) is 0 Å². The number of halogens is 1. The molecule has 19 heavy (non-hydrogen) atoms. The summed E-state index contributed by atoms with van der Waals surface area (Å²) in [5, 5.41) is 0.519. The zero-order valence-corrected chi connectivity index (χ0v) is 11.0. The second kappa shape index (κ2) is 5.67. The highest BCUT2D eigenvalue weighted by molar-refractivity contribution is 6.33. The van der Waals surface area contributed by atoms with E-state index in [1.54, 1.807) is 19.1 Å². The van der Waals surface area contributed by atoms with Gasteiger partial charge >= 0.3 is 5.97 Å². The summed E-state index contributed by atoms with van der Waals surface area (Å²) in [6.07, 6.45) is 1.35. The van der Waals surface area contributed by atoms with Crippen molar-refractivity contribution in [3.05, 3.63) is 41.0 Å². The monoisotopic (exact) mass is 277 g/mol. The summed E-state index contributed by atoms with van der Waals surface area (Å²) < 4.78 is 4.85. The van der Waals surface area contributed by atoms with Crippen LogP contribution in [-0.2, 0) is 4.74 Å². The second-order valence-electron chi connectivity index (χ2n) is 3.69. The van der Waals surface area contributed by atoms with Gasteiger partial charge in [0.1, 0.15) is 11.4 Å². The average Bonchev–Trinajstić information content (AvgIpc) is 2.39. The number of nitrogens with zero attached hydrogens (tertiary/aromatic N) is 2. The van der Waals surface area contributed by atoms with E-state index < -0.39 is 5.97 Å². The van der Waals surface area contributed by atoms with Crippen LogP contribution >= 0.6 is 11.6 Å². The number of ether oxygens (including phenoxy) is 1. The number of hydrogen-bond donors (Lipinski definition) is 1. The molecule has 2 aromatic rings. The second-order valence-corrected chi connectivity index (χ2v) is 4.10. The number of nitrogen functional groups attached to an aromatic ring is 1. The number of hydrogen-bond acceptors (Lipinski definition) is 5. The third-order valence-corrected chi connectivity index (χ3v) is 2.76. The Morgan fingerprint density at radius 1 is 1.42 bits per heavy atom. The molecule has 2 N–H and O–H groups in total. The minimum Gasteiger partial charge on any atom is -0.462 e. The molecule has 1 aromatic carbocycles. The number of carbonyl (C=O) groups is 1. The molecule has 0 bridgehead atoms. The largest absolute Gasteiger partial charge is 0.462 e. The van der Waals surface area contributed by atoms with Gasteiger partial charge in [-0.25, -0.2) is 14.8 Å². The van der Waals surface area contributed by atoms with E-state index in [1.165, 1.54) is 6.20 Å². The maximum Gasteiger partial charge on any atom is 0.343 e. The first-order chi connectivity index (χ1) is 9.13. The highest BCUT2D eigenvalue weighted by Crippen LogP contribution is 2.25. The van der Waals surface area contributed by atoms with Crippen LogP contribution in [0.25, 0.3) is 11.4 Å². The van der Waals surface area contributed by atoms with E-state index >= 15 is 0 Å². The lowest BCUT2D eigenvalue weighted by Crippen LogP contribution is -2.10. The van der Waals surface area contributed by atoms with E-state index in [2.05, 4.69) is 9.97 Å². The fourth-order valence-electron chi connectivity index (χ4n) is 1.53. The van der Waals surface area contributed by atoms with Crippen LogP contribution in [0.4, 0.5) is 5.82 Å². The third-order valence-electron chi connectivity index (χ3n) is 2.43. The van der Waals surface area contributed by atoms with Gasteiger partial charge in [0.25, 0.3) is 0 Å². The topological polar surface area (TPSA) is 78.1 Å². The van der Waals surface area contributed by atoms with Gasteiger partial charge in [-0.1, -0.05) is 23.7 Å². The molecule has 0 radical (unpaired) electrons. The molecule has 0 aliphatic heterocycles. The molecule has 1 aromatic heterocycles. The van der Waals surface area contributed by atoms with E-state index in [4.69, 9.17) is 22.1 Å². The smallest absolute Gasteiger partial charge is 0.343 e. The van der Waals surface area contributed by atoms with Crippen LogP contribution in [0.5, 0.6) is 0 Å². The zero-order valence-electron chi connectivity index (χ0n) is 10.3. The molecule has 1 heterocycles. The molecule has 0 saturated heterocycles. The van der Waals surface area contributed by atoms with Crippen molar-refractivity contribution in [3.8, 4) is 11.4 Å². The Kier molecular flexibility index (Phi) is 3.97. The Morgan fingerprint density at radius 2 is 2.16 bits per heavy atom. The molecular formula is C13H12ClN3O2. The van der Waals surface area contributed by atoms with Crippen molar-refractivity contribution in [3.63, 3.8) is 0 Å². The van der Waals surface area contributed by atoms with Crippen molar-refractivity contribution in [1.82, 2.24) is 9.97 Å². The molecule has 2 rings (SSSR count). The molecule has 0 aliphatic rings. The zero-order chi connectivity index (χ0) is 13.8. The molecule has 0 aliphatic carbocycles. The van der Waals surface area contributed by atoms with Gasteiger partial charge in [0.2, 0.25) is 0 Å². The van der Waals surface area contributed by atoms with Crippen molar-refractivity contribution >= 4 is 23.4 Å². The summed E-state index contributed by atoms with van der Waals surface area (Å²) in [6.45, 7) is 1.98. The summed E-state index contributed by atoms with van der Waals surface area (Å²) in [7, 11) is 0. The van der Waals surface area contributed by atoms with Crippen LogP contribution in [0, 0.1) is 0 Å². The predicted molar refractivity (Wildman–Crippen MR) is 72.8 cm³/mol. The Labute approximate surface area is 115 Å². The van der Waals surface area contributed by atoms with Gasteiger partial charge < -0.3 is 10.5 Å². The van der Waals surface area contributed by atoms with E-state index in [0.29, 0.717) is 16.4 Å². The number of carbonyl (C=O) groups excluding carboxylic acids is 1. The molecule has 0 fully saturated rings. The minimum absolute atomic E-state index is 0.0726. The Bertz CT molecular complexity index is 617. The molecule has 6 heteroatoms. The van der Waals surface area contributed by atoms with Crippen molar-refractivity contribution < 1.29 is 9.53 Å². The standard InChI is InChI=1S/C13H12ClN3O2/c1-2-19-13(18)9-7-16-12(17-11(9)15)8-5-3-4-6-10(8)14/h3-7H,2H2,1H3,(H2,15,16,17). The Hall–Kier alpha value is -2.14. The lowest BCUT2D eigenvalue weighted by molar-refractivity contribution is 0.0527. The normalized spacial score (nSPS) is 10.2. The summed E-state index contributed by atoms with van der Waals surface area (Å²) >= 11 is 6.05. The third kappa shape index (κ3) is 2.82. The number of esters is 1. The molecule has 98 valence electrons. The summed E-state index contributed by atoms with van der Waals surface area (Å²) in [5.41, 5.74) is 6.55. The van der Waals surface area contributed by atoms with Crippen LogP contribution in [-0.4, -0.2) is 22.5 Å². The first kappa shape index (κ1) is 13.3. The number of anilines is 1. The van der Waals surface area contributed by atoms with Crippen LogP contribution in [0.1, 0.15) is 17.3 Å². The lowest BCUT2D eigenvalue weighted by Gasteiger charge is -2.07. The summed E-state index contributed by atoms with van der Waals surface area (Å²) in [6, 6.07) is 7.14. The molecule has 5 nitrogen and oxygen atoms in total. The van der Waals surface area contributed by atoms with Gasteiger partial charge in [-0.05, 0) is 19.1 Å². The van der Waals surface area contributed by atoms with Crippen LogP contribution in [0.3, 0.4) is 0 Å². The van der Waals surface area contributed by atoms with E-state index in [-0.39, 0.29) is 18.0 Å². The maximum absolute atomic E-state index is 11.6. The van der Waals surface area contributed by atoms with Gasteiger partial charge in [0, 0.05) is 11.8 Å². The first-order valence-corrected chi connectivity index (χ1v) is 6.05. The van der Waals surface area contributed by atoms with E-state index in [1.807, 2.05) is 12.1 Å². The maximum atomic E-state index is 11.6. The van der Waals surface area contributed by atoms with Crippen LogP contribution in [0.15, 0.2) is 30.5 Å². The number of nitrogens with two attached hydrogens (primary N) is 1. The predicted octanol–water partition coefficient (Wildman–Crippen LogP) is 2.56. The Balaban J connectivity index is 2.39. The van der Waals surface area contributed by atoms with Gasteiger partial charge in [0.05, 0.1) is 11.6 Å². The molecular weight excluding hydrogens is 266 g/mol. The molecule has 0 unspecified atom stereocenters. The first-order valence-electron chi connectivity index (χ1n) is 5.68. The van der Waals surface area contributed by atoms with Crippen molar-refractivity contribution in [2.24, 2.45) is 0 Å². The number of benzene rings is 1. The molecule has 0 atom stereocenters. The van der Waals surface area contributed by atoms with Crippen molar-refractivity contribution in [2.75, 3.05) is 12.3 Å². The van der Waals surface area contributed by atoms with Gasteiger partial charge in [-0.2, -0.15) is 0 Å². The number of rotatable bonds is 3. The molecule has 0 saturated carbocycles. The fraction of sp³-hybridized carbons (Fsp3) is 0.154. The van der Waals surface area contributed by atoms with Gasteiger partial charge in [0.15, 0.2) is 5.82 Å². The average molecular weight is 278 g/mol. The van der Waals surface area contributed by atoms with Crippen molar-refractivity contribution in [2.45, 2.75) is 6.92 Å². The summed E-state index contributed by atoms with van der Waals surface area (Å²) in [5.74, 6) is -0.0924. The highest BCUT2D eigenvalue weighted by atomic mass is 35.5. The summed E-state index contributed by atoms with van der Waals surface area (Å²) in [4.78, 5) is 19.8. The molecule has 0 amide bonds. The van der Waals surface area contributed by atoms with E-state index in [9.17, 15) is 4.79 Å². The Morgan fingerprint density at radius 3 is 2.79 bits per heavy atom. The van der Waals surface area contributed by atoms with Crippen molar-refractivity contribution in [1.29, 1.82) is 0 Å². The highest BCUT2D eigenvalue weighted by Gasteiger charge is 2.15. The lowest BCUT2D eigenvalue weighted by atomic mass is 10.2. The SMILES string of the molecule is CCOC(=O)c1cnc(-c2ccccc2Cl)nc1N. The molecule has 0 spiro atoms. The quantitative estimate of drug-likeness (QED) is 0.872. The number of aromatic nitrogens is 2. The van der Waals surface area contributed by atoms with Crippen LogP contribution in [0.2, 0.25) is 5.02 Å². The fourth-order valence-corrected chi connectivity index (χ4v) is 1.75. The van der Waals surface area contributed by atoms with Gasteiger partial charge in [-0.3, -0.25) is 0 Å². The minimum atomic E-state index is -0.536. The van der Waals surface area contributed by atoms with Gasteiger partial charge in [-0.15, -0.1) is 0 Å². The van der Waals surface area contributed by atoms with Crippen LogP contribution < -0.4 is 5.73 Å².